The molecule has 0 bridgehead atoms. The molecule has 1 aliphatic rings. The number of likely N-dealkylation sites (N-methyl/N-ethyl adjacent to an activating group) is 1. The van der Waals surface area contributed by atoms with Crippen LogP contribution in [0.5, 0.6) is 0 Å². The molecule has 1 N–H and O–H groups in total. The van der Waals surface area contributed by atoms with Gasteiger partial charge in [0.05, 0.1) is 37.3 Å². The van der Waals surface area contributed by atoms with Crippen LogP contribution >= 0.6 is 0 Å². The molecule has 1 amide bonds. The summed E-state index contributed by atoms with van der Waals surface area (Å²) in [5, 5.41) is 17.7. The lowest BCUT2D eigenvalue weighted by molar-refractivity contribution is -0.136. The quantitative estimate of drug-likeness (QED) is 0.796. The van der Waals surface area contributed by atoms with Crippen LogP contribution in [-0.2, 0) is 22.7 Å². The molecule has 0 fully saturated rings. The molecule has 0 unspecified atom stereocenters. The summed E-state index contributed by atoms with van der Waals surface area (Å²) in [6.07, 6.45) is 3.94. The molecule has 3 atom stereocenters. The number of fused-ring (bicyclic) bond motifs is 1. The standard InChI is InChI=1S/C19H35N5O3/c1-5-8-22(4)12-18-15(2)11-23(16(3)13-25)19(26)7-6-9-24-17(14-27-18)10-20-21-24/h10,15-16,18,25H,5-9,11-14H2,1-4H3/t15-,16+,18+/m1/s1. The molecule has 1 aromatic rings. The summed E-state index contributed by atoms with van der Waals surface area (Å²) in [6, 6.07) is -0.196. The van der Waals surface area contributed by atoms with Crippen molar-refractivity contribution in [2.45, 2.75) is 65.3 Å². The van der Waals surface area contributed by atoms with Crippen molar-refractivity contribution < 1.29 is 14.6 Å². The number of nitrogens with zero attached hydrogens (tertiary/aromatic N) is 5. The van der Waals surface area contributed by atoms with Gasteiger partial charge in [-0.25, -0.2) is 4.68 Å². The highest BCUT2D eigenvalue weighted by Gasteiger charge is 2.28. The first-order valence-electron chi connectivity index (χ1n) is 10.0. The van der Waals surface area contributed by atoms with Gasteiger partial charge in [0.2, 0.25) is 5.91 Å². The van der Waals surface area contributed by atoms with Crippen molar-refractivity contribution in [2.75, 3.05) is 33.3 Å². The van der Waals surface area contributed by atoms with Gasteiger partial charge in [0.25, 0.3) is 0 Å². The molecule has 8 heteroatoms. The van der Waals surface area contributed by atoms with Crippen LogP contribution in [0.1, 0.15) is 45.7 Å². The number of rotatable bonds is 6. The second-order valence-electron chi connectivity index (χ2n) is 7.72. The van der Waals surface area contributed by atoms with Crippen LogP contribution in [0.3, 0.4) is 0 Å². The molecule has 1 aliphatic heterocycles. The van der Waals surface area contributed by atoms with E-state index in [9.17, 15) is 9.90 Å². The van der Waals surface area contributed by atoms with E-state index >= 15 is 0 Å². The summed E-state index contributed by atoms with van der Waals surface area (Å²) >= 11 is 0. The van der Waals surface area contributed by atoms with Crippen molar-refractivity contribution in [1.82, 2.24) is 24.8 Å². The average Bonchev–Trinajstić information content (AvgIpc) is 3.08. The normalized spacial score (nSPS) is 23.6. The zero-order valence-electron chi connectivity index (χ0n) is 17.2. The Morgan fingerprint density at radius 1 is 1.48 bits per heavy atom. The van der Waals surface area contributed by atoms with Crippen LogP contribution < -0.4 is 0 Å². The molecular weight excluding hydrogens is 346 g/mol. The van der Waals surface area contributed by atoms with Gasteiger partial charge in [0.15, 0.2) is 0 Å². The minimum Gasteiger partial charge on any atom is -0.394 e. The van der Waals surface area contributed by atoms with Crippen molar-refractivity contribution in [3.63, 3.8) is 0 Å². The van der Waals surface area contributed by atoms with Crippen molar-refractivity contribution >= 4 is 5.91 Å². The van der Waals surface area contributed by atoms with E-state index in [2.05, 4.69) is 36.1 Å². The third kappa shape index (κ3) is 6.26. The number of hydrogen-bond donors (Lipinski definition) is 1. The summed E-state index contributed by atoms with van der Waals surface area (Å²) in [5.74, 6) is 0.220. The highest BCUT2D eigenvalue weighted by atomic mass is 16.5. The Kier molecular flexibility index (Phi) is 8.66. The maximum absolute atomic E-state index is 12.8. The first-order valence-corrected chi connectivity index (χ1v) is 10.0. The van der Waals surface area contributed by atoms with Crippen LogP contribution in [0, 0.1) is 5.92 Å². The van der Waals surface area contributed by atoms with Crippen molar-refractivity contribution in [3.05, 3.63) is 11.9 Å². The molecule has 0 aliphatic carbocycles. The Bertz CT molecular complexity index is 579. The van der Waals surface area contributed by atoms with Crippen molar-refractivity contribution in [1.29, 1.82) is 0 Å². The summed E-state index contributed by atoms with van der Waals surface area (Å²) in [5.41, 5.74) is 0.943. The van der Waals surface area contributed by atoms with E-state index < -0.39 is 0 Å². The second kappa shape index (κ2) is 10.7. The SMILES string of the molecule is CCCN(C)C[C@@H]1OCc2cnnn2CCCC(=O)N([C@@H](C)CO)C[C@H]1C. The first-order chi connectivity index (χ1) is 13.0. The average molecular weight is 382 g/mol. The Morgan fingerprint density at radius 3 is 2.96 bits per heavy atom. The number of aromatic nitrogens is 3. The number of aliphatic hydroxyl groups is 1. The first kappa shape index (κ1) is 21.8. The Balaban J connectivity index is 2.21. The zero-order valence-corrected chi connectivity index (χ0v) is 17.2. The maximum atomic E-state index is 12.8. The van der Waals surface area contributed by atoms with Gasteiger partial charge in [0.1, 0.15) is 0 Å². The number of carbonyl (C=O) groups is 1. The Labute approximate surface area is 162 Å². The lowest BCUT2D eigenvalue weighted by Crippen LogP contribution is -2.47. The lowest BCUT2D eigenvalue weighted by Gasteiger charge is -2.35. The van der Waals surface area contributed by atoms with E-state index in [4.69, 9.17) is 4.74 Å². The van der Waals surface area contributed by atoms with E-state index in [0.29, 0.717) is 32.5 Å². The van der Waals surface area contributed by atoms with Crippen LogP contribution in [0.4, 0.5) is 0 Å². The molecule has 8 nitrogen and oxygen atoms in total. The van der Waals surface area contributed by atoms with Crippen LogP contribution in [0.2, 0.25) is 0 Å². The third-order valence-electron chi connectivity index (χ3n) is 5.24. The minimum atomic E-state index is -0.196. The van der Waals surface area contributed by atoms with Gasteiger partial charge < -0.3 is 19.6 Å². The van der Waals surface area contributed by atoms with Gasteiger partial charge in [-0.15, -0.1) is 5.10 Å². The smallest absolute Gasteiger partial charge is 0.222 e. The van der Waals surface area contributed by atoms with Gasteiger partial charge >= 0.3 is 0 Å². The van der Waals surface area contributed by atoms with E-state index in [1.165, 1.54) is 0 Å². The lowest BCUT2D eigenvalue weighted by atomic mass is 10.0. The number of amides is 1. The molecule has 2 heterocycles. The molecule has 0 saturated heterocycles. The molecule has 154 valence electrons. The van der Waals surface area contributed by atoms with E-state index in [1.54, 1.807) is 6.20 Å². The number of aliphatic hydroxyl groups excluding tert-OH is 1. The predicted octanol–water partition coefficient (Wildman–Crippen LogP) is 1.14. The predicted molar refractivity (Wildman–Crippen MR) is 103 cm³/mol. The Morgan fingerprint density at radius 2 is 2.26 bits per heavy atom. The highest BCUT2D eigenvalue weighted by Crippen LogP contribution is 2.18. The molecule has 1 aromatic heterocycles. The summed E-state index contributed by atoms with van der Waals surface area (Å²) in [7, 11) is 2.10. The number of carbonyl (C=O) groups excluding carboxylic acids is 1. The largest absolute Gasteiger partial charge is 0.394 e. The van der Waals surface area contributed by atoms with E-state index in [1.807, 2.05) is 16.5 Å². The molecular formula is C19H35N5O3. The summed E-state index contributed by atoms with van der Waals surface area (Å²) in [4.78, 5) is 16.9. The number of aryl methyl sites for hydroxylation is 1. The monoisotopic (exact) mass is 381 g/mol. The topological polar surface area (TPSA) is 83.7 Å². The van der Waals surface area contributed by atoms with Crippen LogP contribution in [0.25, 0.3) is 0 Å². The van der Waals surface area contributed by atoms with E-state index in [-0.39, 0.29) is 30.6 Å². The fourth-order valence-electron chi connectivity index (χ4n) is 3.53. The number of ether oxygens (including phenoxy) is 1. The van der Waals surface area contributed by atoms with Gasteiger partial charge in [-0.05, 0) is 33.4 Å². The molecule has 0 radical (unpaired) electrons. The van der Waals surface area contributed by atoms with Gasteiger partial charge in [-0.3, -0.25) is 4.79 Å². The third-order valence-corrected chi connectivity index (χ3v) is 5.24. The maximum Gasteiger partial charge on any atom is 0.222 e. The van der Waals surface area contributed by atoms with Crippen molar-refractivity contribution in [3.8, 4) is 0 Å². The zero-order chi connectivity index (χ0) is 19.8. The second-order valence-corrected chi connectivity index (χ2v) is 7.72. The minimum absolute atomic E-state index is 0.0227. The Hall–Kier alpha value is -1.51. The summed E-state index contributed by atoms with van der Waals surface area (Å²) < 4.78 is 8.11. The van der Waals surface area contributed by atoms with Gasteiger partial charge in [0, 0.05) is 32.0 Å². The van der Waals surface area contributed by atoms with Crippen LogP contribution in [0.15, 0.2) is 6.20 Å². The molecule has 0 spiro atoms. The van der Waals surface area contributed by atoms with Gasteiger partial charge in [-0.1, -0.05) is 19.1 Å². The number of hydrogen-bond acceptors (Lipinski definition) is 6. The molecule has 0 saturated carbocycles. The molecule has 0 aromatic carbocycles. The van der Waals surface area contributed by atoms with E-state index in [0.717, 1.165) is 25.2 Å². The van der Waals surface area contributed by atoms with Gasteiger partial charge in [-0.2, -0.15) is 0 Å². The summed E-state index contributed by atoms with van der Waals surface area (Å²) in [6.45, 7) is 9.63. The molecule has 2 rings (SSSR count). The van der Waals surface area contributed by atoms with Crippen molar-refractivity contribution in [2.24, 2.45) is 5.92 Å². The van der Waals surface area contributed by atoms with Crippen LogP contribution in [-0.4, -0.2) is 81.2 Å². The fraction of sp³-hybridized carbons (Fsp3) is 0.842. The fourth-order valence-corrected chi connectivity index (χ4v) is 3.53. The molecule has 27 heavy (non-hydrogen) atoms. The highest BCUT2D eigenvalue weighted by molar-refractivity contribution is 5.76.